The van der Waals surface area contributed by atoms with Gasteiger partial charge in [0.05, 0.1) is 12.2 Å². The number of ether oxygens (including phenoxy) is 2. The molecule has 0 bridgehead atoms. The van der Waals surface area contributed by atoms with Crippen LogP contribution in [-0.2, 0) is 14.3 Å². The van der Waals surface area contributed by atoms with Gasteiger partial charge in [-0.25, -0.2) is 4.79 Å². The molecule has 0 unspecified atom stereocenters. The maximum atomic E-state index is 11.7. The van der Waals surface area contributed by atoms with Gasteiger partial charge in [-0.15, -0.1) is 0 Å². The zero-order chi connectivity index (χ0) is 12.5. The third kappa shape index (κ3) is 1.26. The monoisotopic (exact) mass is 248 g/mol. The number of hydrogen-bond acceptors (Lipinski definition) is 3. The molecule has 2 saturated carbocycles. The lowest BCUT2D eigenvalue weighted by molar-refractivity contribution is -0.144. The minimum Gasteiger partial charge on any atom is -0.458 e. The highest BCUT2D eigenvalue weighted by atomic mass is 16.6. The highest BCUT2D eigenvalue weighted by molar-refractivity contribution is 5.90. The Morgan fingerprint density at radius 3 is 2.89 bits per heavy atom. The second-order valence-corrected chi connectivity index (χ2v) is 6.93. The van der Waals surface area contributed by atoms with E-state index in [4.69, 9.17) is 9.47 Å². The van der Waals surface area contributed by atoms with Crippen LogP contribution in [0.1, 0.15) is 39.0 Å². The second kappa shape index (κ2) is 3.19. The maximum Gasteiger partial charge on any atom is 0.334 e. The molecule has 1 spiro atoms. The summed E-state index contributed by atoms with van der Waals surface area (Å²) in [6, 6.07) is 0. The molecular formula is C15H20O3. The van der Waals surface area contributed by atoms with Crippen LogP contribution in [0.4, 0.5) is 0 Å². The van der Waals surface area contributed by atoms with Gasteiger partial charge in [-0.3, -0.25) is 0 Å². The van der Waals surface area contributed by atoms with Gasteiger partial charge >= 0.3 is 5.97 Å². The molecule has 4 aliphatic rings. The molecule has 5 atom stereocenters. The van der Waals surface area contributed by atoms with Crippen LogP contribution in [0.2, 0.25) is 0 Å². The minimum absolute atomic E-state index is 0.0835. The molecule has 98 valence electrons. The zero-order valence-corrected chi connectivity index (χ0v) is 10.9. The Balaban J connectivity index is 1.69. The van der Waals surface area contributed by atoms with Crippen molar-refractivity contribution in [2.75, 3.05) is 6.61 Å². The molecule has 0 aromatic heterocycles. The zero-order valence-electron chi connectivity index (χ0n) is 10.9. The van der Waals surface area contributed by atoms with Gasteiger partial charge in [0, 0.05) is 11.5 Å². The van der Waals surface area contributed by atoms with Crippen LogP contribution < -0.4 is 0 Å². The van der Waals surface area contributed by atoms with Gasteiger partial charge in [0.2, 0.25) is 0 Å². The summed E-state index contributed by atoms with van der Waals surface area (Å²) in [5.74, 6) is 0.666. The van der Waals surface area contributed by atoms with Gasteiger partial charge in [0.25, 0.3) is 0 Å². The van der Waals surface area contributed by atoms with Gasteiger partial charge in [0.1, 0.15) is 6.10 Å². The molecule has 0 radical (unpaired) electrons. The van der Waals surface area contributed by atoms with E-state index >= 15 is 0 Å². The number of fused-ring (bicyclic) bond motifs is 3. The lowest BCUT2D eigenvalue weighted by atomic mass is 9.53. The van der Waals surface area contributed by atoms with Crippen LogP contribution in [0.15, 0.2) is 12.2 Å². The minimum atomic E-state index is -0.169. The van der Waals surface area contributed by atoms with Crippen molar-refractivity contribution < 1.29 is 14.3 Å². The topological polar surface area (TPSA) is 38.8 Å². The highest BCUT2D eigenvalue weighted by Crippen LogP contribution is 2.62. The Bertz CT molecular complexity index is 437. The summed E-state index contributed by atoms with van der Waals surface area (Å²) in [4.78, 5) is 11.7. The summed E-state index contributed by atoms with van der Waals surface area (Å²) in [6.07, 6.45) is 5.81. The van der Waals surface area contributed by atoms with E-state index in [0.29, 0.717) is 16.9 Å². The smallest absolute Gasteiger partial charge is 0.334 e. The van der Waals surface area contributed by atoms with E-state index in [1.165, 1.54) is 19.3 Å². The van der Waals surface area contributed by atoms with Crippen molar-refractivity contribution in [3.63, 3.8) is 0 Å². The molecule has 2 aliphatic heterocycles. The van der Waals surface area contributed by atoms with Gasteiger partial charge in [-0.1, -0.05) is 13.5 Å². The molecule has 4 fully saturated rings. The van der Waals surface area contributed by atoms with Crippen LogP contribution in [0.3, 0.4) is 0 Å². The van der Waals surface area contributed by atoms with E-state index in [9.17, 15) is 4.79 Å². The first-order valence-corrected chi connectivity index (χ1v) is 7.08. The molecule has 2 heterocycles. The number of hydrogen-bond donors (Lipinski definition) is 0. The first kappa shape index (κ1) is 11.0. The van der Waals surface area contributed by atoms with Crippen molar-refractivity contribution in [3.05, 3.63) is 12.2 Å². The first-order chi connectivity index (χ1) is 8.54. The quantitative estimate of drug-likeness (QED) is 0.375. The summed E-state index contributed by atoms with van der Waals surface area (Å²) in [7, 11) is 0. The molecule has 0 amide bonds. The fraction of sp³-hybridized carbons (Fsp3) is 0.800. The summed E-state index contributed by atoms with van der Waals surface area (Å²) < 4.78 is 11.3. The van der Waals surface area contributed by atoms with Crippen LogP contribution >= 0.6 is 0 Å². The molecule has 2 saturated heterocycles. The van der Waals surface area contributed by atoms with E-state index in [-0.39, 0.29) is 23.6 Å². The van der Waals surface area contributed by atoms with Gasteiger partial charge in [-0.2, -0.15) is 0 Å². The number of carbonyl (C=O) groups is 1. The number of rotatable bonds is 0. The van der Waals surface area contributed by atoms with Gasteiger partial charge < -0.3 is 9.47 Å². The third-order valence-electron chi connectivity index (χ3n) is 5.91. The Labute approximate surface area is 108 Å². The maximum absolute atomic E-state index is 11.7. The summed E-state index contributed by atoms with van der Waals surface area (Å²) in [6.45, 7) is 7.22. The average Bonchev–Trinajstić information content (AvgIpc) is 3.02. The molecule has 0 N–H and O–H groups in total. The van der Waals surface area contributed by atoms with Crippen LogP contribution in [0.5, 0.6) is 0 Å². The van der Waals surface area contributed by atoms with E-state index in [2.05, 4.69) is 13.5 Å². The molecule has 4 rings (SSSR count). The van der Waals surface area contributed by atoms with E-state index < -0.39 is 0 Å². The fourth-order valence-corrected chi connectivity index (χ4v) is 4.82. The molecule has 3 heteroatoms. The number of esters is 1. The van der Waals surface area contributed by atoms with Crippen molar-refractivity contribution in [1.82, 2.24) is 0 Å². The lowest BCUT2D eigenvalue weighted by Gasteiger charge is -2.51. The van der Waals surface area contributed by atoms with E-state index in [0.717, 1.165) is 19.4 Å². The van der Waals surface area contributed by atoms with Crippen LogP contribution in [0, 0.1) is 17.3 Å². The van der Waals surface area contributed by atoms with Crippen molar-refractivity contribution in [1.29, 1.82) is 0 Å². The standard InChI is InChI=1S/C15H20O3/c1-9-10-6-12-14(2,7-11(10)18-13(9)16)4-3-5-15(12)8-17-15/h10-12H,1,3-8H2,2H3/t10-,11+,12+,14-,15-/m0/s1. The predicted octanol–water partition coefficient (Wildman–Crippen LogP) is 2.45. The Morgan fingerprint density at radius 1 is 1.39 bits per heavy atom. The highest BCUT2D eigenvalue weighted by Gasteiger charge is 2.64. The van der Waals surface area contributed by atoms with Gasteiger partial charge in [-0.05, 0) is 43.4 Å². The Kier molecular flexibility index (Phi) is 1.95. The Hall–Kier alpha value is -0.830. The van der Waals surface area contributed by atoms with Gasteiger partial charge in [0.15, 0.2) is 0 Å². The van der Waals surface area contributed by atoms with Crippen molar-refractivity contribution >= 4 is 5.97 Å². The van der Waals surface area contributed by atoms with E-state index in [1.54, 1.807) is 0 Å². The van der Waals surface area contributed by atoms with Crippen molar-refractivity contribution in [2.24, 2.45) is 17.3 Å². The SMILES string of the molecule is C=C1C(=O)O[C@@H]2C[C@]3(C)CCC[C@]4(CO4)[C@@H]3C[C@@H]12. The largest absolute Gasteiger partial charge is 0.458 e. The molecule has 0 aromatic carbocycles. The molecule has 3 nitrogen and oxygen atoms in total. The Morgan fingerprint density at radius 2 is 2.17 bits per heavy atom. The summed E-state index contributed by atoms with van der Waals surface area (Å²) in [5.41, 5.74) is 1.13. The lowest BCUT2D eigenvalue weighted by Crippen LogP contribution is -2.50. The first-order valence-electron chi connectivity index (χ1n) is 7.08. The fourth-order valence-electron chi connectivity index (χ4n) is 4.82. The van der Waals surface area contributed by atoms with Crippen LogP contribution in [0.25, 0.3) is 0 Å². The molecule has 2 aliphatic carbocycles. The molecule has 0 aromatic rings. The molecular weight excluding hydrogens is 228 g/mol. The normalized spacial score (nSPS) is 53.9. The predicted molar refractivity (Wildman–Crippen MR) is 65.9 cm³/mol. The average molecular weight is 248 g/mol. The molecule has 18 heavy (non-hydrogen) atoms. The van der Waals surface area contributed by atoms with Crippen molar-refractivity contribution in [2.45, 2.75) is 50.7 Å². The number of carbonyl (C=O) groups excluding carboxylic acids is 1. The number of epoxide rings is 1. The third-order valence-corrected chi connectivity index (χ3v) is 5.91. The summed E-state index contributed by atoms with van der Waals surface area (Å²) in [5, 5.41) is 0. The van der Waals surface area contributed by atoms with E-state index in [1.807, 2.05) is 0 Å². The van der Waals surface area contributed by atoms with Crippen molar-refractivity contribution in [3.8, 4) is 0 Å². The summed E-state index contributed by atoms with van der Waals surface area (Å²) >= 11 is 0. The van der Waals surface area contributed by atoms with Crippen LogP contribution in [-0.4, -0.2) is 24.3 Å². The second-order valence-electron chi connectivity index (χ2n) is 6.93.